The van der Waals surface area contributed by atoms with Gasteiger partial charge in [0.2, 0.25) is 5.91 Å². The standard InChI is InChI=1S/C24H26ClN5O3/c1-24(2)7-20-18(5-16(8-26)30(20)12-24)17-6-21(27-9-19(17)25)28-22(31)13-3-14-10-29(23(32)33)11-15(14)4-13/h5-6,9,13-15H,3-4,7,10-12H2,1-2H3,(H,32,33)(H,27,28,31)/t13?,14-,15+. The van der Waals surface area contributed by atoms with E-state index in [-0.39, 0.29) is 29.1 Å². The van der Waals surface area contributed by atoms with E-state index in [2.05, 4.69) is 34.8 Å². The molecule has 2 amide bonds. The zero-order valence-electron chi connectivity index (χ0n) is 18.6. The Bertz CT molecular complexity index is 1180. The Balaban J connectivity index is 1.35. The van der Waals surface area contributed by atoms with Crippen molar-refractivity contribution in [3.63, 3.8) is 0 Å². The second kappa shape index (κ2) is 7.77. The largest absolute Gasteiger partial charge is 0.465 e. The number of nitriles is 1. The summed E-state index contributed by atoms with van der Waals surface area (Å²) < 4.78 is 2.06. The molecule has 9 heteroatoms. The van der Waals surface area contributed by atoms with Gasteiger partial charge in [-0.3, -0.25) is 4.79 Å². The van der Waals surface area contributed by atoms with E-state index in [4.69, 9.17) is 11.6 Å². The molecule has 3 atom stereocenters. The summed E-state index contributed by atoms with van der Waals surface area (Å²) in [4.78, 5) is 29.9. The molecule has 5 rings (SSSR count). The Labute approximate surface area is 197 Å². The summed E-state index contributed by atoms with van der Waals surface area (Å²) in [7, 11) is 0. The second-order valence-corrected chi connectivity index (χ2v) is 10.8. The van der Waals surface area contributed by atoms with Crippen LogP contribution in [0.5, 0.6) is 0 Å². The average Bonchev–Trinajstić information content (AvgIpc) is 3.47. The fourth-order valence-corrected chi connectivity index (χ4v) is 6.04. The van der Waals surface area contributed by atoms with E-state index in [9.17, 15) is 20.0 Å². The van der Waals surface area contributed by atoms with Crippen LogP contribution in [0.3, 0.4) is 0 Å². The first-order valence-electron chi connectivity index (χ1n) is 11.2. The van der Waals surface area contributed by atoms with Gasteiger partial charge in [-0.25, -0.2) is 9.78 Å². The zero-order valence-corrected chi connectivity index (χ0v) is 19.4. The van der Waals surface area contributed by atoms with Crippen LogP contribution in [0.1, 0.15) is 38.1 Å². The highest BCUT2D eigenvalue weighted by Crippen LogP contribution is 2.43. The molecular formula is C24H26ClN5O3. The summed E-state index contributed by atoms with van der Waals surface area (Å²) in [5.41, 5.74) is 3.41. The molecule has 2 aliphatic heterocycles. The topological polar surface area (TPSA) is 111 Å². The number of amides is 2. The fourth-order valence-electron chi connectivity index (χ4n) is 5.83. The van der Waals surface area contributed by atoms with Crippen molar-refractivity contribution in [2.24, 2.45) is 23.2 Å². The molecule has 8 nitrogen and oxygen atoms in total. The van der Waals surface area contributed by atoms with Gasteiger partial charge in [0.25, 0.3) is 0 Å². The highest BCUT2D eigenvalue weighted by atomic mass is 35.5. The number of rotatable bonds is 3. The minimum Gasteiger partial charge on any atom is -0.465 e. The number of carboxylic acid groups (broad SMARTS) is 1. The van der Waals surface area contributed by atoms with E-state index in [1.807, 2.05) is 6.07 Å². The number of anilines is 1. The first kappa shape index (κ1) is 21.8. The lowest BCUT2D eigenvalue weighted by molar-refractivity contribution is -0.119. The third-order valence-corrected chi connectivity index (χ3v) is 7.65. The van der Waals surface area contributed by atoms with Crippen molar-refractivity contribution >= 4 is 29.4 Å². The highest BCUT2D eigenvalue weighted by molar-refractivity contribution is 6.33. The van der Waals surface area contributed by atoms with Crippen LogP contribution >= 0.6 is 11.6 Å². The van der Waals surface area contributed by atoms with Crippen LogP contribution in [0.2, 0.25) is 5.02 Å². The van der Waals surface area contributed by atoms with Gasteiger partial charge in [0.15, 0.2) is 0 Å². The number of carbonyl (C=O) groups is 2. The maximum absolute atomic E-state index is 13.0. The normalized spacial score (nSPS) is 24.9. The van der Waals surface area contributed by atoms with Gasteiger partial charge in [-0.15, -0.1) is 0 Å². The van der Waals surface area contributed by atoms with E-state index < -0.39 is 6.09 Å². The predicted molar refractivity (Wildman–Crippen MR) is 123 cm³/mol. The van der Waals surface area contributed by atoms with Crippen molar-refractivity contribution in [2.75, 3.05) is 18.4 Å². The minimum absolute atomic E-state index is 0.0598. The Hall–Kier alpha value is -3.05. The predicted octanol–water partition coefficient (Wildman–Crippen LogP) is 4.23. The van der Waals surface area contributed by atoms with Crippen molar-refractivity contribution in [1.29, 1.82) is 5.26 Å². The van der Waals surface area contributed by atoms with Gasteiger partial charge in [-0.05, 0) is 48.6 Å². The Morgan fingerprint density at radius 1 is 1.24 bits per heavy atom. The number of fused-ring (bicyclic) bond motifs is 2. The highest BCUT2D eigenvalue weighted by Gasteiger charge is 2.44. The average molecular weight is 468 g/mol. The third kappa shape index (κ3) is 3.84. The summed E-state index contributed by atoms with van der Waals surface area (Å²) in [6.45, 7) is 6.14. The molecule has 0 bridgehead atoms. The summed E-state index contributed by atoms with van der Waals surface area (Å²) in [5, 5.41) is 22.2. The SMILES string of the molecule is CC1(C)Cc2c(-c3cc(NC(=O)C4C[C@@H]5CN(C(=O)O)C[C@@H]5C4)ncc3Cl)cc(C#N)n2C1. The number of carbonyl (C=O) groups excluding carboxylic acids is 1. The van der Waals surface area contributed by atoms with E-state index >= 15 is 0 Å². The number of nitrogens with one attached hydrogen (secondary N) is 1. The molecule has 1 saturated heterocycles. The van der Waals surface area contributed by atoms with Crippen LogP contribution < -0.4 is 5.32 Å². The Morgan fingerprint density at radius 2 is 1.94 bits per heavy atom. The molecule has 1 aliphatic carbocycles. The summed E-state index contributed by atoms with van der Waals surface area (Å²) in [5.74, 6) is 0.665. The monoisotopic (exact) mass is 467 g/mol. The first-order valence-corrected chi connectivity index (χ1v) is 11.6. The number of halogens is 1. The number of nitrogens with zero attached hydrogens (tertiary/aromatic N) is 4. The number of hydrogen-bond acceptors (Lipinski definition) is 4. The summed E-state index contributed by atoms with van der Waals surface area (Å²) in [6.07, 6.45) is 2.87. The molecular weight excluding hydrogens is 442 g/mol. The van der Waals surface area contributed by atoms with Crippen LogP contribution in [0, 0.1) is 34.5 Å². The maximum Gasteiger partial charge on any atom is 0.407 e. The minimum atomic E-state index is -0.886. The molecule has 2 aromatic rings. The van der Waals surface area contributed by atoms with Gasteiger partial charge < -0.3 is 19.9 Å². The smallest absolute Gasteiger partial charge is 0.407 e. The molecule has 4 heterocycles. The lowest BCUT2D eigenvalue weighted by atomic mass is 9.89. The van der Waals surface area contributed by atoms with Gasteiger partial charge in [0.05, 0.1) is 5.02 Å². The van der Waals surface area contributed by atoms with Crippen molar-refractivity contribution in [1.82, 2.24) is 14.5 Å². The summed E-state index contributed by atoms with van der Waals surface area (Å²) >= 11 is 6.50. The van der Waals surface area contributed by atoms with E-state index in [0.29, 0.717) is 42.5 Å². The lowest BCUT2D eigenvalue weighted by Crippen LogP contribution is -2.29. The molecule has 2 aromatic heterocycles. The number of aromatic nitrogens is 2. The van der Waals surface area contributed by atoms with Crippen molar-refractivity contribution in [3.8, 4) is 17.2 Å². The van der Waals surface area contributed by atoms with Gasteiger partial charge in [0.1, 0.15) is 17.6 Å². The zero-order chi connectivity index (χ0) is 23.5. The first-order chi connectivity index (χ1) is 15.6. The number of pyridine rings is 1. The molecule has 0 spiro atoms. The van der Waals surface area contributed by atoms with Gasteiger partial charge in [-0.2, -0.15) is 5.26 Å². The molecule has 0 aromatic carbocycles. The van der Waals surface area contributed by atoms with E-state index in [1.54, 1.807) is 6.07 Å². The molecule has 2 fully saturated rings. The van der Waals surface area contributed by atoms with Crippen molar-refractivity contribution in [2.45, 2.75) is 39.7 Å². The molecule has 3 aliphatic rings. The lowest BCUT2D eigenvalue weighted by Gasteiger charge is -2.16. The van der Waals surface area contributed by atoms with Crippen LogP contribution in [0.25, 0.3) is 11.1 Å². The van der Waals surface area contributed by atoms with Gasteiger partial charge in [-0.1, -0.05) is 25.4 Å². The van der Waals surface area contributed by atoms with Crippen LogP contribution in [-0.2, 0) is 17.8 Å². The van der Waals surface area contributed by atoms with Crippen molar-refractivity contribution in [3.05, 3.63) is 34.7 Å². The fraction of sp³-hybridized carbons (Fsp3) is 0.500. The molecule has 172 valence electrons. The van der Waals surface area contributed by atoms with Crippen LogP contribution in [0.15, 0.2) is 18.3 Å². The molecule has 0 radical (unpaired) electrons. The molecule has 2 N–H and O–H groups in total. The Kier molecular flexibility index (Phi) is 5.13. The van der Waals surface area contributed by atoms with Crippen molar-refractivity contribution < 1.29 is 14.7 Å². The van der Waals surface area contributed by atoms with Crippen LogP contribution in [0.4, 0.5) is 10.6 Å². The third-order valence-electron chi connectivity index (χ3n) is 7.34. The molecule has 1 saturated carbocycles. The molecule has 33 heavy (non-hydrogen) atoms. The molecule has 1 unspecified atom stereocenters. The summed E-state index contributed by atoms with van der Waals surface area (Å²) in [6, 6.07) is 5.93. The quantitative estimate of drug-likeness (QED) is 0.701. The van der Waals surface area contributed by atoms with E-state index in [0.717, 1.165) is 29.8 Å². The van der Waals surface area contributed by atoms with Gasteiger partial charge in [0, 0.05) is 48.6 Å². The number of hydrogen-bond donors (Lipinski definition) is 2. The second-order valence-electron chi connectivity index (χ2n) is 10.3. The maximum atomic E-state index is 13.0. The van der Waals surface area contributed by atoms with Crippen LogP contribution in [-0.4, -0.2) is 44.6 Å². The Morgan fingerprint density at radius 3 is 2.58 bits per heavy atom. The van der Waals surface area contributed by atoms with E-state index in [1.165, 1.54) is 11.1 Å². The number of likely N-dealkylation sites (tertiary alicyclic amines) is 1. The van der Waals surface area contributed by atoms with Gasteiger partial charge >= 0.3 is 6.09 Å².